The quantitative estimate of drug-likeness (QED) is 0.926. The molecule has 92 valence electrons. The summed E-state index contributed by atoms with van der Waals surface area (Å²) in [6, 6.07) is 10.4. The average Bonchev–Trinajstić information content (AvgIpc) is 2.35. The van der Waals surface area contributed by atoms with Gasteiger partial charge < -0.3 is 9.88 Å². The van der Waals surface area contributed by atoms with Crippen molar-refractivity contribution in [2.75, 3.05) is 5.32 Å². The van der Waals surface area contributed by atoms with Gasteiger partial charge in [0.05, 0.1) is 5.69 Å². The first-order chi connectivity index (χ1) is 8.59. The summed E-state index contributed by atoms with van der Waals surface area (Å²) < 4.78 is 2.14. The molecule has 2 aromatic rings. The van der Waals surface area contributed by atoms with Gasteiger partial charge in [-0.3, -0.25) is 9.59 Å². The van der Waals surface area contributed by atoms with Gasteiger partial charge in [0.2, 0.25) is 0 Å². The van der Waals surface area contributed by atoms with Gasteiger partial charge in [-0.1, -0.05) is 12.1 Å². The van der Waals surface area contributed by atoms with Crippen molar-refractivity contribution in [3.05, 3.63) is 63.0 Å². The third-order valence-corrected chi connectivity index (χ3v) is 3.18. The molecular formula is C13H11BrN2O2. The second-order valence-electron chi connectivity index (χ2n) is 3.77. The monoisotopic (exact) mass is 306 g/mol. The lowest BCUT2D eigenvalue weighted by Gasteiger charge is -2.07. The fraction of sp³-hybridized carbons (Fsp3) is 0.0769. The number of pyridine rings is 1. The van der Waals surface area contributed by atoms with Crippen molar-refractivity contribution in [2.45, 2.75) is 0 Å². The van der Waals surface area contributed by atoms with E-state index in [2.05, 4.69) is 21.2 Å². The molecule has 0 aliphatic carbocycles. The van der Waals surface area contributed by atoms with Crippen molar-refractivity contribution in [2.24, 2.45) is 7.05 Å². The number of benzene rings is 1. The molecule has 0 saturated heterocycles. The van der Waals surface area contributed by atoms with E-state index < -0.39 is 5.91 Å². The molecule has 0 unspecified atom stereocenters. The zero-order chi connectivity index (χ0) is 13.1. The van der Waals surface area contributed by atoms with E-state index in [1.807, 2.05) is 18.2 Å². The fourth-order valence-electron chi connectivity index (χ4n) is 1.52. The van der Waals surface area contributed by atoms with Gasteiger partial charge >= 0.3 is 0 Å². The van der Waals surface area contributed by atoms with Gasteiger partial charge in [-0.25, -0.2) is 0 Å². The Kier molecular flexibility index (Phi) is 3.62. The van der Waals surface area contributed by atoms with Crippen LogP contribution in [0.4, 0.5) is 5.69 Å². The summed E-state index contributed by atoms with van der Waals surface area (Å²) in [4.78, 5) is 23.8. The fourth-order valence-corrected chi connectivity index (χ4v) is 1.91. The molecule has 0 saturated carbocycles. The summed E-state index contributed by atoms with van der Waals surface area (Å²) in [5, 5.41) is 2.70. The second kappa shape index (κ2) is 5.18. The first kappa shape index (κ1) is 12.6. The van der Waals surface area contributed by atoms with Crippen LogP contribution in [0.2, 0.25) is 0 Å². The molecule has 0 atom stereocenters. The van der Waals surface area contributed by atoms with E-state index in [1.165, 1.54) is 10.6 Å². The lowest BCUT2D eigenvalue weighted by Crippen LogP contribution is -2.27. The molecule has 1 aromatic carbocycles. The predicted molar refractivity (Wildman–Crippen MR) is 73.8 cm³/mol. The zero-order valence-corrected chi connectivity index (χ0v) is 11.3. The molecule has 1 N–H and O–H groups in total. The number of halogens is 1. The number of anilines is 1. The molecule has 0 fully saturated rings. The maximum Gasteiger partial charge on any atom is 0.263 e. The highest BCUT2D eigenvalue weighted by Crippen LogP contribution is 2.21. The minimum atomic E-state index is -0.414. The molecule has 0 aliphatic heterocycles. The summed E-state index contributed by atoms with van der Waals surface area (Å²) in [6.07, 6.45) is 1.61. The topological polar surface area (TPSA) is 51.1 Å². The second-order valence-corrected chi connectivity index (χ2v) is 4.63. The lowest BCUT2D eigenvalue weighted by atomic mass is 10.2. The van der Waals surface area contributed by atoms with Crippen molar-refractivity contribution < 1.29 is 4.79 Å². The van der Waals surface area contributed by atoms with Gasteiger partial charge in [0.1, 0.15) is 5.56 Å². The van der Waals surface area contributed by atoms with Crippen LogP contribution < -0.4 is 10.9 Å². The van der Waals surface area contributed by atoms with Crippen LogP contribution >= 0.6 is 15.9 Å². The van der Waals surface area contributed by atoms with Gasteiger partial charge in [0, 0.05) is 17.7 Å². The molecule has 0 radical (unpaired) electrons. The Hall–Kier alpha value is -1.88. The van der Waals surface area contributed by atoms with E-state index in [-0.39, 0.29) is 11.1 Å². The van der Waals surface area contributed by atoms with Crippen LogP contribution in [-0.2, 0) is 7.05 Å². The Morgan fingerprint density at radius 3 is 2.67 bits per heavy atom. The van der Waals surface area contributed by atoms with Crippen molar-refractivity contribution in [1.29, 1.82) is 0 Å². The van der Waals surface area contributed by atoms with Crippen molar-refractivity contribution in [1.82, 2.24) is 4.57 Å². The highest BCUT2D eigenvalue weighted by atomic mass is 79.9. The van der Waals surface area contributed by atoms with Crippen LogP contribution in [0.1, 0.15) is 10.4 Å². The molecule has 1 heterocycles. The minimum Gasteiger partial charge on any atom is -0.321 e. The van der Waals surface area contributed by atoms with Crippen molar-refractivity contribution in [3.8, 4) is 0 Å². The number of para-hydroxylation sites is 1. The molecule has 2 rings (SSSR count). The lowest BCUT2D eigenvalue weighted by molar-refractivity contribution is 0.102. The maximum atomic E-state index is 12.0. The molecule has 1 aromatic heterocycles. The van der Waals surface area contributed by atoms with Crippen LogP contribution in [0.3, 0.4) is 0 Å². The summed E-state index contributed by atoms with van der Waals surface area (Å²) in [5.41, 5.74) is 0.436. The van der Waals surface area contributed by atoms with E-state index in [9.17, 15) is 9.59 Å². The minimum absolute atomic E-state index is 0.121. The van der Waals surface area contributed by atoms with Gasteiger partial charge in [-0.2, -0.15) is 0 Å². The van der Waals surface area contributed by atoms with E-state index in [4.69, 9.17) is 0 Å². The number of aryl methyl sites for hydroxylation is 1. The summed E-state index contributed by atoms with van der Waals surface area (Å²) >= 11 is 3.33. The average molecular weight is 307 g/mol. The third-order valence-electron chi connectivity index (χ3n) is 2.49. The summed E-state index contributed by atoms with van der Waals surface area (Å²) in [5.74, 6) is -0.414. The van der Waals surface area contributed by atoms with Gasteiger partial charge in [0.15, 0.2) is 0 Å². The van der Waals surface area contributed by atoms with E-state index in [0.717, 1.165) is 4.47 Å². The summed E-state index contributed by atoms with van der Waals surface area (Å²) in [6.45, 7) is 0. The van der Waals surface area contributed by atoms with Gasteiger partial charge in [-0.15, -0.1) is 0 Å². The van der Waals surface area contributed by atoms with Crippen LogP contribution in [-0.4, -0.2) is 10.5 Å². The highest BCUT2D eigenvalue weighted by Gasteiger charge is 2.12. The number of hydrogen-bond donors (Lipinski definition) is 1. The molecule has 1 amide bonds. The van der Waals surface area contributed by atoms with Gasteiger partial charge in [0.25, 0.3) is 11.5 Å². The van der Waals surface area contributed by atoms with Crippen molar-refractivity contribution in [3.63, 3.8) is 0 Å². The number of amides is 1. The molecule has 0 aliphatic rings. The first-order valence-corrected chi connectivity index (χ1v) is 6.10. The number of nitrogens with one attached hydrogen (secondary N) is 1. The Morgan fingerprint density at radius 1 is 1.22 bits per heavy atom. The maximum absolute atomic E-state index is 12.0. The van der Waals surface area contributed by atoms with Gasteiger partial charge in [-0.05, 0) is 40.2 Å². The summed E-state index contributed by atoms with van der Waals surface area (Å²) in [7, 11) is 1.61. The van der Waals surface area contributed by atoms with Crippen LogP contribution in [0.25, 0.3) is 0 Å². The number of carbonyl (C=O) groups excluding carboxylic acids is 1. The van der Waals surface area contributed by atoms with E-state index in [0.29, 0.717) is 5.69 Å². The highest BCUT2D eigenvalue weighted by molar-refractivity contribution is 9.10. The Balaban J connectivity index is 2.31. The van der Waals surface area contributed by atoms with Crippen LogP contribution in [0.15, 0.2) is 51.9 Å². The molecule has 18 heavy (non-hydrogen) atoms. The predicted octanol–water partition coefficient (Wildman–Crippen LogP) is 2.40. The number of rotatable bonds is 2. The number of nitrogens with zero attached hydrogens (tertiary/aromatic N) is 1. The molecule has 5 heteroatoms. The first-order valence-electron chi connectivity index (χ1n) is 5.31. The molecule has 0 spiro atoms. The number of hydrogen-bond acceptors (Lipinski definition) is 2. The van der Waals surface area contributed by atoms with Crippen molar-refractivity contribution >= 4 is 27.5 Å². The van der Waals surface area contributed by atoms with Crippen LogP contribution in [0, 0.1) is 0 Å². The Labute approximate surface area is 112 Å². The normalized spacial score (nSPS) is 10.1. The Bertz CT molecular complexity index is 649. The molecular weight excluding hydrogens is 296 g/mol. The van der Waals surface area contributed by atoms with Crippen LogP contribution in [0.5, 0.6) is 0 Å². The largest absolute Gasteiger partial charge is 0.321 e. The molecule has 0 bridgehead atoms. The van der Waals surface area contributed by atoms with E-state index >= 15 is 0 Å². The molecule has 4 nitrogen and oxygen atoms in total. The SMILES string of the molecule is Cn1cccc(C(=O)Nc2ccccc2Br)c1=O. The van der Waals surface area contributed by atoms with E-state index in [1.54, 1.807) is 25.4 Å². The zero-order valence-electron chi connectivity index (χ0n) is 9.68. The number of aromatic nitrogens is 1. The smallest absolute Gasteiger partial charge is 0.263 e. The third kappa shape index (κ3) is 2.51. The number of carbonyl (C=O) groups is 1. The Morgan fingerprint density at radius 2 is 1.94 bits per heavy atom. The standard InChI is InChI=1S/C13H11BrN2O2/c1-16-8-4-5-9(13(16)18)12(17)15-11-7-3-2-6-10(11)14/h2-8H,1H3,(H,15,17).